The minimum atomic E-state index is 0. The quantitative estimate of drug-likeness (QED) is 0.217. The third kappa shape index (κ3) is 3.32. The summed E-state index contributed by atoms with van der Waals surface area (Å²) in [5.74, 6) is 2.22. The Kier molecular flexibility index (Phi) is 5.15. The standard InChI is InChI=1S/C29H22N3O.Pt/c33-26-10-2-1-7-23(26)29-31-25-9-4-8-21(28(25)32-29)17-5-3-6-19(15-17)24-14-13-22-18-11-12-20(16-18)27(22)30-24;/h1-10,13-14,18,20,33H,11-12,16H2,(H,31,32);/q-1;. The first-order valence-electron chi connectivity index (χ1n) is 11.6. The van der Waals surface area contributed by atoms with E-state index in [0.717, 1.165) is 39.3 Å². The van der Waals surface area contributed by atoms with E-state index in [2.05, 4.69) is 47.4 Å². The van der Waals surface area contributed by atoms with Gasteiger partial charge in [0.05, 0.1) is 16.6 Å². The van der Waals surface area contributed by atoms with E-state index in [1.165, 1.54) is 30.5 Å². The molecule has 0 amide bonds. The molecule has 0 radical (unpaired) electrons. The van der Waals surface area contributed by atoms with E-state index < -0.39 is 0 Å². The van der Waals surface area contributed by atoms with Crippen LogP contribution < -0.4 is 0 Å². The zero-order chi connectivity index (χ0) is 21.9. The Bertz CT molecular complexity index is 1540. The summed E-state index contributed by atoms with van der Waals surface area (Å²) in [6.45, 7) is 0. The van der Waals surface area contributed by atoms with Crippen molar-refractivity contribution in [3.05, 3.63) is 90.1 Å². The summed E-state index contributed by atoms with van der Waals surface area (Å²) in [6.07, 6.45) is 3.87. The van der Waals surface area contributed by atoms with E-state index in [9.17, 15) is 5.11 Å². The van der Waals surface area contributed by atoms with E-state index in [-0.39, 0.29) is 26.8 Å². The Morgan fingerprint density at radius 3 is 2.50 bits per heavy atom. The number of hydrogen-bond acceptors (Lipinski definition) is 3. The van der Waals surface area contributed by atoms with Gasteiger partial charge in [-0.25, -0.2) is 4.98 Å². The third-order valence-corrected chi connectivity index (χ3v) is 7.25. The van der Waals surface area contributed by atoms with Gasteiger partial charge in [0.1, 0.15) is 11.6 Å². The van der Waals surface area contributed by atoms with Crippen molar-refractivity contribution in [2.45, 2.75) is 31.1 Å². The number of rotatable bonds is 3. The van der Waals surface area contributed by atoms with Crippen molar-refractivity contribution in [2.24, 2.45) is 0 Å². The minimum absolute atomic E-state index is 0. The number of nitrogens with one attached hydrogen (secondary N) is 1. The summed E-state index contributed by atoms with van der Waals surface area (Å²) >= 11 is 0. The maximum atomic E-state index is 10.3. The van der Waals surface area contributed by atoms with Crippen molar-refractivity contribution in [1.82, 2.24) is 15.0 Å². The van der Waals surface area contributed by atoms with Crippen LogP contribution in [0.1, 0.15) is 42.4 Å². The Balaban J connectivity index is 0.00000217. The van der Waals surface area contributed by atoms with Crippen LogP contribution in [0.2, 0.25) is 0 Å². The number of benzene rings is 3. The van der Waals surface area contributed by atoms with E-state index in [1.54, 1.807) is 6.07 Å². The molecule has 0 spiro atoms. The molecule has 1 fully saturated rings. The molecule has 3 aromatic carbocycles. The fourth-order valence-corrected chi connectivity index (χ4v) is 5.65. The van der Waals surface area contributed by atoms with Crippen LogP contribution in [-0.2, 0) is 21.1 Å². The third-order valence-electron chi connectivity index (χ3n) is 7.25. The maximum Gasteiger partial charge on any atom is 0.141 e. The average molecular weight is 624 g/mol. The molecular weight excluding hydrogens is 601 g/mol. The smallest absolute Gasteiger partial charge is 0.141 e. The van der Waals surface area contributed by atoms with Crippen LogP contribution >= 0.6 is 0 Å². The zero-order valence-electron chi connectivity index (χ0n) is 18.4. The molecule has 2 aliphatic carbocycles. The van der Waals surface area contributed by atoms with Gasteiger partial charge in [0, 0.05) is 38.4 Å². The fourth-order valence-electron chi connectivity index (χ4n) is 5.65. The van der Waals surface area contributed by atoms with Gasteiger partial charge in [-0.3, -0.25) is 4.98 Å². The first kappa shape index (κ1) is 21.3. The van der Waals surface area contributed by atoms with Crippen molar-refractivity contribution < 1.29 is 26.2 Å². The van der Waals surface area contributed by atoms with E-state index in [0.29, 0.717) is 17.3 Å². The summed E-state index contributed by atoms with van der Waals surface area (Å²) in [7, 11) is 0. The van der Waals surface area contributed by atoms with Crippen molar-refractivity contribution in [3.8, 4) is 39.5 Å². The minimum Gasteiger partial charge on any atom is -0.507 e. The Morgan fingerprint density at radius 1 is 0.794 bits per heavy atom. The number of aromatic nitrogens is 3. The van der Waals surface area contributed by atoms with Gasteiger partial charge in [-0.2, -0.15) is 0 Å². The number of para-hydroxylation sites is 2. The number of fused-ring (bicyclic) bond motifs is 6. The van der Waals surface area contributed by atoms with Crippen LogP contribution in [0.25, 0.3) is 44.8 Å². The second kappa shape index (κ2) is 8.21. The molecule has 34 heavy (non-hydrogen) atoms. The zero-order valence-corrected chi connectivity index (χ0v) is 20.6. The predicted octanol–water partition coefficient (Wildman–Crippen LogP) is 6.83. The summed E-state index contributed by atoms with van der Waals surface area (Å²) in [5.41, 5.74) is 9.24. The molecular formula is C29H22N3OPt-. The maximum absolute atomic E-state index is 10.3. The molecule has 5 heteroatoms. The largest absolute Gasteiger partial charge is 0.507 e. The second-order valence-electron chi connectivity index (χ2n) is 9.16. The molecule has 2 N–H and O–H groups in total. The Labute approximate surface area is 212 Å². The van der Waals surface area contributed by atoms with Crippen LogP contribution in [0.15, 0.2) is 72.8 Å². The molecule has 5 aromatic rings. The first-order valence-corrected chi connectivity index (χ1v) is 11.6. The molecule has 4 nitrogen and oxygen atoms in total. The Hall–Kier alpha value is -3.23. The van der Waals surface area contributed by atoms with Crippen molar-refractivity contribution in [1.29, 1.82) is 0 Å². The van der Waals surface area contributed by atoms with Gasteiger partial charge in [-0.15, -0.1) is 29.8 Å². The van der Waals surface area contributed by atoms with Crippen LogP contribution in [-0.4, -0.2) is 20.1 Å². The molecule has 2 aromatic heterocycles. The predicted molar refractivity (Wildman–Crippen MR) is 130 cm³/mol. The second-order valence-corrected chi connectivity index (χ2v) is 9.16. The number of phenols is 1. The number of H-pyrrole nitrogens is 1. The monoisotopic (exact) mass is 623 g/mol. The van der Waals surface area contributed by atoms with Crippen molar-refractivity contribution >= 4 is 11.0 Å². The number of aromatic amines is 1. The van der Waals surface area contributed by atoms with Crippen molar-refractivity contribution in [2.75, 3.05) is 0 Å². The van der Waals surface area contributed by atoms with Gasteiger partial charge in [0.25, 0.3) is 0 Å². The van der Waals surface area contributed by atoms with Crippen LogP contribution in [0, 0.1) is 6.07 Å². The van der Waals surface area contributed by atoms with Crippen LogP contribution in [0.4, 0.5) is 0 Å². The number of imidazole rings is 1. The number of aromatic hydroxyl groups is 1. The molecule has 0 saturated heterocycles. The Morgan fingerprint density at radius 2 is 1.59 bits per heavy atom. The molecule has 170 valence electrons. The summed E-state index contributed by atoms with van der Waals surface area (Å²) in [5, 5.41) is 10.3. The van der Waals surface area contributed by atoms with Gasteiger partial charge in [-0.05, 0) is 48.9 Å². The van der Waals surface area contributed by atoms with Gasteiger partial charge >= 0.3 is 0 Å². The average Bonchev–Trinajstić information content (AvgIpc) is 3.59. The van der Waals surface area contributed by atoms with Gasteiger partial charge in [0.15, 0.2) is 0 Å². The first-order chi connectivity index (χ1) is 16.2. The number of hydrogen-bond donors (Lipinski definition) is 2. The van der Waals surface area contributed by atoms with Gasteiger partial charge in [-0.1, -0.05) is 47.5 Å². The molecule has 2 atom stereocenters. The van der Waals surface area contributed by atoms with E-state index in [4.69, 9.17) is 9.97 Å². The molecule has 1 saturated carbocycles. The summed E-state index contributed by atoms with van der Waals surface area (Å²) in [4.78, 5) is 13.3. The molecule has 2 heterocycles. The number of phenolic OH excluding ortho intramolecular Hbond substituents is 1. The van der Waals surface area contributed by atoms with Gasteiger partial charge < -0.3 is 10.1 Å². The van der Waals surface area contributed by atoms with Gasteiger partial charge in [0.2, 0.25) is 0 Å². The van der Waals surface area contributed by atoms with Crippen LogP contribution in [0.3, 0.4) is 0 Å². The van der Waals surface area contributed by atoms with Crippen molar-refractivity contribution in [3.63, 3.8) is 0 Å². The van der Waals surface area contributed by atoms with Crippen LogP contribution in [0.5, 0.6) is 5.75 Å². The summed E-state index contributed by atoms with van der Waals surface area (Å²) in [6, 6.07) is 27.6. The van der Waals surface area contributed by atoms with E-state index >= 15 is 0 Å². The topological polar surface area (TPSA) is 61.8 Å². The molecule has 2 unspecified atom stereocenters. The molecule has 2 aliphatic rings. The molecule has 0 aliphatic heterocycles. The molecule has 7 rings (SSSR count). The van der Waals surface area contributed by atoms with E-state index in [1.807, 2.05) is 30.3 Å². The normalized spacial score (nSPS) is 18.1. The SMILES string of the molecule is Oc1ccccc1-c1nc2c(-c3[c-]c(-c4ccc5c(n4)C4CCC5C4)ccc3)cccc2[nH]1.[Pt]. The summed E-state index contributed by atoms with van der Waals surface area (Å²) < 4.78 is 0. The molecule has 2 bridgehead atoms. The number of nitrogens with zero attached hydrogens (tertiary/aromatic N) is 2. The number of pyridine rings is 1. The fraction of sp³-hybridized carbons (Fsp3) is 0.172.